The van der Waals surface area contributed by atoms with Crippen LogP contribution in [0, 0.1) is 17.8 Å². The summed E-state index contributed by atoms with van der Waals surface area (Å²) in [5.41, 5.74) is 0.835. The highest BCUT2D eigenvalue weighted by Gasteiger charge is 2.49. The van der Waals surface area contributed by atoms with Gasteiger partial charge in [0.05, 0.1) is 24.6 Å². The summed E-state index contributed by atoms with van der Waals surface area (Å²) < 4.78 is 10.6. The molecule has 2 aliphatic rings. The number of para-hydroxylation sites is 1. The van der Waals surface area contributed by atoms with Crippen LogP contribution >= 0.6 is 0 Å². The van der Waals surface area contributed by atoms with Crippen molar-refractivity contribution < 1.29 is 23.9 Å². The lowest BCUT2D eigenvalue weighted by Gasteiger charge is -2.25. The second kappa shape index (κ2) is 7.70. The maximum absolute atomic E-state index is 12.8. The molecule has 1 saturated heterocycles. The maximum Gasteiger partial charge on any atom is 0.347 e. The molecule has 0 spiro atoms. The molecule has 4 rings (SSSR count). The molecule has 0 bridgehead atoms. The van der Waals surface area contributed by atoms with Crippen LogP contribution in [-0.4, -0.2) is 24.9 Å². The number of nitrogens with zero attached hydrogens (tertiary/aromatic N) is 1. The number of benzene rings is 2. The van der Waals surface area contributed by atoms with E-state index < -0.39 is 5.97 Å². The van der Waals surface area contributed by atoms with E-state index in [0.717, 1.165) is 19.3 Å². The minimum atomic E-state index is -0.538. The van der Waals surface area contributed by atoms with Gasteiger partial charge >= 0.3 is 5.97 Å². The Bertz CT molecular complexity index is 952. The zero-order valence-corrected chi connectivity index (χ0v) is 16.5. The predicted octanol–water partition coefficient (Wildman–Crippen LogP) is 3.84. The zero-order valence-electron chi connectivity index (χ0n) is 16.5. The number of hydrogen-bond donors (Lipinski definition) is 0. The van der Waals surface area contributed by atoms with Crippen LogP contribution in [0.4, 0.5) is 5.69 Å². The van der Waals surface area contributed by atoms with Gasteiger partial charge in [-0.15, -0.1) is 0 Å². The minimum Gasteiger partial charge on any atom is -0.496 e. The summed E-state index contributed by atoms with van der Waals surface area (Å²) in [4.78, 5) is 39.3. The molecule has 1 saturated carbocycles. The maximum atomic E-state index is 12.8. The fourth-order valence-electron chi connectivity index (χ4n) is 4.28. The molecule has 3 atom stereocenters. The van der Waals surface area contributed by atoms with E-state index in [2.05, 4.69) is 6.92 Å². The number of hydrogen-bond acceptors (Lipinski definition) is 5. The number of esters is 1. The predicted molar refractivity (Wildman–Crippen MR) is 107 cm³/mol. The van der Waals surface area contributed by atoms with E-state index >= 15 is 0 Å². The molecule has 6 nitrogen and oxygen atoms in total. The van der Waals surface area contributed by atoms with Crippen LogP contribution < -0.4 is 14.4 Å². The lowest BCUT2D eigenvalue weighted by molar-refractivity contribution is -0.122. The average Bonchev–Trinajstić information content (AvgIpc) is 2.98. The van der Waals surface area contributed by atoms with E-state index in [1.54, 1.807) is 48.5 Å². The zero-order chi connectivity index (χ0) is 20.5. The van der Waals surface area contributed by atoms with Crippen LogP contribution in [0.1, 0.15) is 36.5 Å². The van der Waals surface area contributed by atoms with Gasteiger partial charge in [0.25, 0.3) is 0 Å². The van der Waals surface area contributed by atoms with Gasteiger partial charge in [-0.25, -0.2) is 4.79 Å². The Kier molecular flexibility index (Phi) is 5.09. The smallest absolute Gasteiger partial charge is 0.347 e. The number of fused-ring (bicyclic) bond motifs is 1. The van der Waals surface area contributed by atoms with Crippen molar-refractivity contribution in [2.75, 3.05) is 12.0 Å². The van der Waals surface area contributed by atoms with Gasteiger partial charge in [-0.1, -0.05) is 19.1 Å². The van der Waals surface area contributed by atoms with E-state index in [-0.39, 0.29) is 23.7 Å². The number of imide groups is 1. The Morgan fingerprint density at radius 1 is 0.966 bits per heavy atom. The van der Waals surface area contributed by atoms with E-state index in [9.17, 15) is 14.4 Å². The van der Waals surface area contributed by atoms with Crippen LogP contribution in [0.5, 0.6) is 11.5 Å². The van der Waals surface area contributed by atoms with Crippen molar-refractivity contribution in [3.05, 3.63) is 54.1 Å². The van der Waals surface area contributed by atoms with Crippen molar-refractivity contribution in [1.29, 1.82) is 0 Å². The molecule has 29 heavy (non-hydrogen) atoms. The van der Waals surface area contributed by atoms with Gasteiger partial charge in [0.15, 0.2) is 0 Å². The molecule has 2 aromatic rings. The summed E-state index contributed by atoms with van der Waals surface area (Å²) in [6, 6.07) is 13.3. The highest BCUT2D eigenvalue weighted by molar-refractivity contribution is 6.22. The van der Waals surface area contributed by atoms with Gasteiger partial charge in [-0.2, -0.15) is 0 Å². The number of rotatable bonds is 4. The van der Waals surface area contributed by atoms with Crippen molar-refractivity contribution in [1.82, 2.24) is 0 Å². The number of carbonyl (C=O) groups excluding carboxylic acids is 3. The fourth-order valence-corrected chi connectivity index (χ4v) is 4.28. The second-order valence-electron chi connectivity index (χ2n) is 7.73. The topological polar surface area (TPSA) is 72.9 Å². The summed E-state index contributed by atoms with van der Waals surface area (Å²) in [5, 5.41) is 0. The van der Waals surface area contributed by atoms with E-state index in [1.807, 2.05) is 0 Å². The molecule has 1 heterocycles. The molecule has 1 aliphatic heterocycles. The normalized spacial score (nSPS) is 23.7. The van der Waals surface area contributed by atoms with Crippen LogP contribution in [0.3, 0.4) is 0 Å². The molecular weight excluding hydrogens is 370 g/mol. The third-order valence-corrected chi connectivity index (χ3v) is 5.82. The van der Waals surface area contributed by atoms with E-state index in [0.29, 0.717) is 28.7 Å². The molecule has 1 aliphatic carbocycles. The quantitative estimate of drug-likeness (QED) is 0.448. The lowest BCUT2D eigenvalue weighted by atomic mass is 9.76. The molecule has 0 unspecified atom stereocenters. The molecule has 0 radical (unpaired) electrons. The molecule has 0 aromatic heterocycles. The molecule has 2 fully saturated rings. The Morgan fingerprint density at radius 3 is 2.38 bits per heavy atom. The molecule has 2 amide bonds. The van der Waals surface area contributed by atoms with E-state index in [4.69, 9.17) is 9.47 Å². The standard InChI is InChI=1S/C23H23NO5/c1-14-7-12-17-19(13-14)22(26)24(21(17)25)15-8-10-16(11-9-15)29-23(27)18-5-3-4-6-20(18)28-2/h3-6,8-11,14,17,19H,7,12-13H2,1-2H3/t14-,17+,19+/m0/s1. The number of anilines is 1. The van der Waals surface area contributed by atoms with Crippen LogP contribution in [-0.2, 0) is 9.59 Å². The van der Waals surface area contributed by atoms with Gasteiger partial charge in [-0.05, 0) is 61.6 Å². The third kappa shape index (κ3) is 3.50. The van der Waals surface area contributed by atoms with Crippen LogP contribution in [0.2, 0.25) is 0 Å². The van der Waals surface area contributed by atoms with Crippen molar-refractivity contribution in [3.63, 3.8) is 0 Å². The van der Waals surface area contributed by atoms with Crippen molar-refractivity contribution in [2.45, 2.75) is 26.2 Å². The summed E-state index contributed by atoms with van der Waals surface area (Å²) in [6.45, 7) is 2.13. The number of methoxy groups -OCH3 is 1. The molecule has 150 valence electrons. The molecular formula is C23H23NO5. The Labute approximate surface area is 169 Å². The number of amides is 2. The van der Waals surface area contributed by atoms with Crippen LogP contribution in [0.25, 0.3) is 0 Å². The summed E-state index contributed by atoms with van der Waals surface area (Å²) in [6.07, 6.45) is 2.51. The van der Waals surface area contributed by atoms with Gasteiger partial charge in [0.2, 0.25) is 11.8 Å². The van der Waals surface area contributed by atoms with Gasteiger partial charge < -0.3 is 9.47 Å². The largest absolute Gasteiger partial charge is 0.496 e. The molecule has 2 aromatic carbocycles. The average molecular weight is 393 g/mol. The molecule has 6 heteroatoms. The first-order chi connectivity index (χ1) is 14.0. The van der Waals surface area contributed by atoms with Crippen molar-refractivity contribution in [3.8, 4) is 11.5 Å². The lowest BCUT2D eigenvalue weighted by Crippen LogP contribution is -2.30. The highest BCUT2D eigenvalue weighted by Crippen LogP contribution is 2.42. The van der Waals surface area contributed by atoms with Gasteiger partial charge in [0, 0.05) is 0 Å². The Hall–Kier alpha value is -3.15. The summed E-state index contributed by atoms with van der Waals surface area (Å²) >= 11 is 0. The van der Waals surface area contributed by atoms with Crippen molar-refractivity contribution in [2.24, 2.45) is 17.8 Å². The van der Waals surface area contributed by atoms with Gasteiger partial charge in [-0.3, -0.25) is 14.5 Å². The minimum absolute atomic E-state index is 0.120. The third-order valence-electron chi connectivity index (χ3n) is 5.82. The summed E-state index contributed by atoms with van der Waals surface area (Å²) in [5.74, 6) is 0.0225. The number of ether oxygens (including phenoxy) is 2. The Balaban J connectivity index is 1.50. The van der Waals surface area contributed by atoms with Crippen molar-refractivity contribution >= 4 is 23.5 Å². The SMILES string of the molecule is COc1ccccc1C(=O)Oc1ccc(N2C(=O)[C@@H]3CC[C@H](C)C[C@H]3C2=O)cc1. The van der Waals surface area contributed by atoms with Crippen LogP contribution in [0.15, 0.2) is 48.5 Å². The summed E-state index contributed by atoms with van der Waals surface area (Å²) in [7, 11) is 1.49. The monoisotopic (exact) mass is 393 g/mol. The molecule has 0 N–H and O–H groups in total. The first-order valence-electron chi connectivity index (χ1n) is 9.82. The number of carbonyl (C=O) groups is 3. The Morgan fingerprint density at radius 2 is 1.66 bits per heavy atom. The fraction of sp³-hybridized carbons (Fsp3) is 0.348. The first-order valence-corrected chi connectivity index (χ1v) is 9.82. The highest BCUT2D eigenvalue weighted by atomic mass is 16.5. The van der Waals surface area contributed by atoms with E-state index in [1.165, 1.54) is 12.0 Å². The first kappa shape index (κ1) is 19.2. The second-order valence-corrected chi connectivity index (χ2v) is 7.73. The van der Waals surface area contributed by atoms with Gasteiger partial charge in [0.1, 0.15) is 17.1 Å².